The summed E-state index contributed by atoms with van der Waals surface area (Å²) in [7, 11) is 0. The van der Waals surface area contributed by atoms with E-state index in [0.717, 1.165) is 28.0 Å². The van der Waals surface area contributed by atoms with Gasteiger partial charge in [0.2, 0.25) is 0 Å². The van der Waals surface area contributed by atoms with Crippen molar-refractivity contribution in [3.63, 3.8) is 0 Å². The van der Waals surface area contributed by atoms with Crippen molar-refractivity contribution < 1.29 is 0 Å². The second kappa shape index (κ2) is 6.49. The molecule has 2 aromatic heterocycles. The minimum atomic E-state index is 0.0532. The molecular formula is C19H17N5S. The number of nitrogens with zero attached hydrogens (tertiary/aromatic N) is 3. The largest absolute Gasteiger partial charge is 0.399 e. The lowest BCUT2D eigenvalue weighted by atomic mass is 9.99. The summed E-state index contributed by atoms with van der Waals surface area (Å²) in [6.07, 6.45) is 1.57. The lowest BCUT2D eigenvalue weighted by Gasteiger charge is -2.19. The molecular weight excluding hydrogens is 330 g/mol. The van der Waals surface area contributed by atoms with Crippen LogP contribution in [-0.2, 0) is 0 Å². The maximum atomic E-state index is 5.93. The van der Waals surface area contributed by atoms with Crippen molar-refractivity contribution in [2.24, 2.45) is 0 Å². The molecule has 0 saturated carbocycles. The van der Waals surface area contributed by atoms with E-state index in [1.165, 1.54) is 5.56 Å². The molecule has 0 aliphatic carbocycles. The minimum absolute atomic E-state index is 0.0532. The van der Waals surface area contributed by atoms with Gasteiger partial charge in [-0.15, -0.1) is 11.3 Å². The third-order valence-electron chi connectivity index (χ3n) is 4.15. The van der Waals surface area contributed by atoms with Gasteiger partial charge in [-0.2, -0.15) is 0 Å². The Morgan fingerprint density at radius 1 is 1.08 bits per heavy atom. The summed E-state index contributed by atoms with van der Waals surface area (Å²) in [5, 5.41) is 6.48. The second-order valence-electron chi connectivity index (χ2n) is 5.83. The van der Waals surface area contributed by atoms with E-state index in [0.29, 0.717) is 5.69 Å². The van der Waals surface area contributed by atoms with Gasteiger partial charge < -0.3 is 11.1 Å². The van der Waals surface area contributed by atoms with Crippen LogP contribution in [0.2, 0.25) is 0 Å². The molecule has 0 fully saturated rings. The number of hydrogen-bond acceptors (Lipinski definition) is 6. The van der Waals surface area contributed by atoms with Gasteiger partial charge in [0.25, 0.3) is 0 Å². The SMILES string of the molecule is CC(Nc1ncnc2ccc(N)cc12)c1ccccc1-c1cscn1. The predicted octanol–water partition coefficient (Wildman–Crippen LogP) is 4.51. The van der Waals surface area contributed by atoms with Crippen molar-refractivity contribution >= 4 is 33.7 Å². The molecule has 0 saturated heterocycles. The normalized spacial score (nSPS) is 12.2. The van der Waals surface area contributed by atoms with Crippen LogP contribution in [0, 0.1) is 0 Å². The number of fused-ring (bicyclic) bond motifs is 1. The molecule has 0 radical (unpaired) electrons. The Morgan fingerprint density at radius 2 is 1.96 bits per heavy atom. The number of nitrogen functional groups attached to an aromatic ring is 1. The first kappa shape index (κ1) is 15.5. The van der Waals surface area contributed by atoms with E-state index >= 15 is 0 Å². The highest BCUT2D eigenvalue weighted by Crippen LogP contribution is 2.31. The van der Waals surface area contributed by atoms with Crippen LogP contribution in [-0.4, -0.2) is 15.0 Å². The van der Waals surface area contributed by atoms with E-state index in [4.69, 9.17) is 5.73 Å². The Morgan fingerprint density at radius 3 is 2.80 bits per heavy atom. The van der Waals surface area contributed by atoms with Gasteiger partial charge in [-0.1, -0.05) is 24.3 Å². The molecule has 1 atom stereocenters. The molecule has 0 amide bonds. The predicted molar refractivity (Wildman–Crippen MR) is 104 cm³/mol. The molecule has 6 heteroatoms. The highest BCUT2D eigenvalue weighted by Gasteiger charge is 2.14. The van der Waals surface area contributed by atoms with Crippen molar-refractivity contribution in [3.05, 3.63) is 65.2 Å². The van der Waals surface area contributed by atoms with Gasteiger partial charge in [-0.25, -0.2) is 15.0 Å². The Hall–Kier alpha value is -2.99. The lowest BCUT2D eigenvalue weighted by Crippen LogP contribution is -2.10. The number of nitrogens with one attached hydrogen (secondary N) is 1. The van der Waals surface area contributed by atoms with Crippen LogP contribution in [0.15, 0.2) is 59.7 Å². The minimum Gasteiger partial charge on any atom is -0.399 e. The number of rotatable bonds is 4. The summed E-state index contributed by atoms with van der Waals surface area (Å²) in [5.74, 6) is 0.776. The first-order valence-electron chi connectivity index (χ1n) is 7.96. The maximum absolute atomic E-state index is 5.93. The highest BCUT2D eigenvalue weighted by atomic mass is 32.1. The van der Waals surface area contributed by atoms with Gasteiger partial charge in [-0.3, -0.25) is 0 Å². The van der Waals surface area contributed by atoms with Gasteiger partial charge in [0.05, 0.1) is 22.8 Å². The monoisotopic (exact) mass is 347 g/mol. The van der Waals surface area contributed by atoms with Crippen LogP contribution < -0.4 is 11.1 Å². The molecule has 4 aromatic rings. The molecule has 25 heavy (non-hydrogen) atoms. The zero-order valence-electron chi connectivity index (χ0n) is 13.7. The molecule has 124 valence electrons. The summed E-state index contributed by atoms with van der Waals surface area (Å²) >= 11 is 1.60. The number of thiazole rings is 1. The zero-order chi connectivity index (χ0) is 17.2. The smallest absolute Gasteiger partial charge is 0.137 e. The average molecular weight is 347 g/mol. The Balaban J connectivity index is 1.72. The number of anilines is 2. The zero-order valence-corrected chi connectivity index (χ0v) is 14.5. The summed E-state index contributed by atoms with van der Waals surface area (Å²) in [6.45, 7) is 2.12. The van der Waals surface area contributed by atoms with Crippen LogP contribution in [0.1, 0.15) is 18.5 Å². The van der Waals surface area contributed by atoms with E-state index in [2.05, 4.69) is 44.7 Å². The molecule has 0 bridgehead atoms. The summed E-state index contributed by atoms with van der Waals surface area (Å²) in [6, 6.07) is 14.0. The fourth-order valence-corrected chi connectivity index (χ4v) is 3.48. The van der Waals surface area contributed by atoms with Crippen LogP contribution in [0.4, 0.5) is 11.5 Å². The topological polar surface area (TPSA) is 76.7 Å². The van der Waals surface area contributed by atoms with Gasteiger partial charge in [-0.05, 0) is 30.7 Å². The molecule has 0 aliphatic heterocycles. The second-order valence-corrected chi connectivity index (χ2v) is 6.54. The molecule has 4 rings (SSSR count). The van der Waals surface area contributed by atoms with E-state index in [9.17, 15) is 0 Å². The molecule has 2 aromatic carbocycles. The third kappa shape index (κ3) is 3.04. The number of benzene rings is 2. The van der Waals surface area contributed by atoms with Crippen molar-refractivity contribution in [3.8, 4) is 11.3 Å². The molecule has 1 unspecified atom stereocenters. The van der Waals surface area contributed by atoms with Crippen molar-refractivity contribution in [2.45, 2.75) is 13.0 Å². The van der Waals surface area contributed by atoms with Crippen LogP contribution >= 0.6 is 11.3 Å². The quantitative estimate of drug-likeness (QED) is 0.531. The average Bonchev–Trinajstić information content (AvgIpc) is 3.17. The summed E-state index contributed by atoms with van der Waals surface area (Å²) in [4.78, 5) is 13.2. The Kier molecular flexibility index (Phi) is 4.03. The van der Waals surface area contributed by atoms with E-state index in [-0.39, 0.29) is 6.04 Å². The Bertz CT molecular complexity index is 1010. The van der Waals surface area contributed by atoms with Crippen molar-refractivity contribution in [1.29, 1.82) is 0 Å². The summed E-state index contributed by atoms with van der Waals surface area (Å²) in [5.41, 5.74) is 12.6. The lowest BCUT2D eigenvalue weighted by molar-refractivity contribution is 0.877. The Labute approximate surface area is 149 Å². The van der Waals surface area contributed by atoms with Gasteiger partial charge in [0.15, 0.2) is 0 Å². The molecule has 0 aliphatic rings. The number of nitrogens with two attached hydrogens (primary N) is 1. The third-order valence-corrected chi connectivity index (χ3v) is 4.73. The number of hydrogen-bond donors (Lipinski definition) is 2. The van der Waals surface area contributed by atoms with Crippen molar-refractivity contribution in [1.82, 2.24) is 15.0 Å². The van der Waals surface area contributed by atoms with Crippen molar-refractivity contribution in [2.75, 3.05) is 11.1 Å². The molecule has 3 N–H and O–H groups in total. The first-order chi connectivity index (χ1) is 12.2. The number of aromatic nitrogens is 3. The van der Waals surface area contributed by atoms with Gasteiger partial charge >= 0.3 is 0 Å². The molecule has 2 heterocycles. The van der Waals surface area contributed by atoms with Gasteiger partial charge in [0.1, 0.15) is 12.1 Å². The maximum Gasteiger partial charge on any atom is 0.137 e. The van der Waals surface area contributed by atoms with Crippen LogP contribution in [0.25, 0.3) is 22.2 Å². The van der Waals surface area contributed by atoms with E-state index in [1.807, 2.05) is 35.8 Å². The van der Waals surface area contributed by atoms with Gasteiger partial charge in [0, 0.05) is 22.0 Å². The van der Waals surface area contributed by atoms with Crippen LogP contribution in [0.5, 0.6) is 0 Å². The van der Waals surface area contributed by atoms with Crippen LogP contribution in [0.3, 0.4) is 0 Å². The first-order valence-corrected chi connectivity index (χ1v) is 8.91. The molecule has 0 spiro atoms. The van der Waals surface area contributed by atoms with E-state index < -0.39 is 0 Å². The fourth-order valence-electron chi connectivity index (χ4n) is 2.93. The fraction of sp³-hybridized carbons (Fsp3) is 0.105. The highest BCUT2D eigenvalue weighted by molar-refractivity contribution is 7.07. The summed E-state index contributed by atoms with van der Waals surface area (Å²) < 4.78 is 0. The van der Waals surface area contributed by atoms with E-state index in [1.54, 1.807) is 17.7 Å². The molecule has 5 nitrogen and oxygen atoms in total. The standard InChI is InChI=1S/C19H17N5S/c1-12(14-4-2-3-5-15(14)18-9-25-11-23-18)24-19-16-8-13(20)6-7-17(16)21-10-22-19/h2-12H,20H2,1H3,(H,21,22,24).